The second-order valence-electron chi connectivity index (χ2n) is 9.29. The third-order valence-corrected chi connectivity index (χ3v) is 7.30. The lowest BCUT2D eigenvalue weighted by Crippen LogP contribution is -2.42. The first-order valence-corrected chi connectivity index (χ1v) is 11.8. The van der Waals surface area contributed by atoms with Crippen molar-refractivity contribution in [3.63, 3.8) is 0 Å². The van der Waals surface area contributed by atoms with E-state index in [1.54, 1.807) is 0 Å². The highest BCUT2D eigenvalue weighted by atomic mass is 16.5. The van der Waals surface area contributed by atoms with Crippen LogP contribution in [0.25, 0.3) is 16.7 Å². The van der Waals surface area contributed by atoms with Crippen LogP contribution in [-0.4, -0.2) is 40.2 Å². The van der Waals surface area contributed by atoms with Gasteiger partial charge in [0.15, 0.2) is 5.78 Å². The number of aryl methyl sites for hydroxylation is 1. The summed E-state index contributed by atoms with van der Waals surface area (Å²) in [7, 11) is 0. The molecule has 0 unspecified atom stereocenters. The molecule has 2 aromatic carbocycles. The summed E-state index contributed by atoms with van der Waals surface area (Å²) in [6.45, 7) is 0.708. The van der Waals surface area contributed by atoms with Crippen molar-refractivity contribution in [3.8, 4) is 11.1 Å². The zero-order valence-electron chi connectivity index (χ0n) is 18.9. The van der Waals surface area contributed by atoms with Crippen molar-refractivity contribution < 1.29 is 24.2 Å². The number of amides is 1. The van der Waals surface area contributed by atoms with E-state index in [1.165, 1.54) is 6.08 Å². The Morgan fingerprint density at radius 2 is 1.71 bits per heavy atom. The number of benzene rings is 2. The second-order valence-corrected chi connectivity index (χ2v) is 9.29. The molecule has 3 aromatic rings. The molecular formula is C28H24N2O5. The quantitative estimate of drug-likeness (QED) is 0.603. The molecule has 7 nitrogen and oxygen atoms in total. The average Bonchev–Trinajstić information content (AvgIpc) is 3.39. The Labute approximate surface area is 202 Å². The number of aliphatic carboxylic acids is 1. The first-order chi connectivity index (χ1) is 17.0. The van der Waals surface area contributed by atoms with E-state index in [2.05, 4.69) is 29.6 Å². The molecule has 1 amide bonds. The third-order valence-electron chi connectivity index (χ3n) is 7.30. The maximum Gasteiger partial charge on any atom is 0.407 e. The fourth-order valence-electron chi connectivity index (χ4n) is 5.64. The monoisotopic (exact) mass is 468 g/mol. The summed E-state index contributed by atoms with van der Waals surface area (Å²) in [5.74, 6) is -2.07. The number of Topliss-reactive ketones (excluding diaryl/α,β-unsaturated/α-hetero) is 1. The fraction of sp³-hybridized carbons (Fsp3) is 0.250. The van der Waals surface area contributed by atoms with E-state index in [0.29, 0.717) is 25.0 Å². The van der Waals surface area contributed by atoms with Gasteiger partial charge in [0.2, 0.25) is 0 Å². The molecule has 0 spiro atoms. The van der Waals surface area contributed by atoms with E-state index < -0.39 is 24.0 Å². The summed E-state index contributed by atoms with van der Waals surface area (Å²) in [4.78, 5) is 37.8. The highest BCUT2D eigenvalue weighted by molar-refractivity contribution is 6.24. The zero-order valence-corrected chi connectivity index (χ0v) is 18.9. The van der Waals surface area contributed by atoms with Crippen molar-refractivity contribution in [2.45, 2.75) is 31.3 Å². The summed E-state index contributed by atoms with van der Waals surface area (Å²) >= 11 is 0. The van der Waals surface area contributed by atoms with Gasteiger partial charge in [-0.05, 0) is 46.7 Å². The van der Waals surface area contributed by atoms with Crippen LogP contribution in [0.4, 0.5) is 4.79 Å². The van der Waals surface area contributed by atoms with Crippen LogP contribution in [0.15, 0.2) is 66.9 Å². The minimum Gasteiger partial charge on any atom is -0.481 e. The van der Waals surface area contributed by atoms with E-state index in [0.717, 1.165) is 33.5 Å². The van der Waals surface area contributed by atoms with E-state index in [-0.39, 0.29) is 18.3 Å². The Balaban J connectivity index is 1.19. The molecule has 0 bridgehead atoms. The summed E-state index contributed by atoms with van der Waals surface area (Å²) in [5, 5.41) is 12.3. The maximum atomic E-state index is 13.4. The third kappa shape index (κ3) is 3.55. The largest absolute Gasteiger partial charge is 0.481 e. The minimum atomic E-state index is -0.964. The fourth-order valence-corrected chi connectivity index (χ4v) is 5.64. The Bertz CT molecular complexity index is 1360. The number of ketones is 1. The number of rotatable bonds is 4. The van der Waals surface area contributed by atoms with E-state index in [4.69, 9.17) is 4.74 Å². The number of nitrogens with one attached hydrogen (secondary N) is 1. The van der Waals surface area contributed by atoms with Gasteiger partial charge in [-0.2, -0.15) is 0 Å². The van der Waals surface area contributed by atoms with Crippen molar-refractivity contribution >= 4 is 23.4 Å². The highest BCUT2D eigenvalue weighted by Gasteiger charge is 2.36. The van der Waals surface area contributed by atoms with Gasteiger partial charge < -0.3 is 19.7 Å². The standard InChI is InChI=1S/C28H24N2O5/c31-26-22-14-17(27(32)33)13-16-9-11-30(25(16)22)12-10-24(26)29-28(34)35-15-23-20-7-3-1-5-18(20)19-6-2-4-8-21(19)23/h1-9,11,14,17,23-24H,10,12-13,15H2,(H,29,34)(H,32,33)/t17-,24-/m0/s1. The van der Waals surface area contributed by atoms with Crippen LogP contribution in [0.3, 0.4) is 0 Å². The zero-order chi connectivity index (χ0) is 24.1. The summed E-state index contributed by atoms with van der Waals surface area (Å²) < 4.78 is 7.60. The first-order valence-electron chi connectivity index (χ1n) is 11.8. The number of aromatic nitrogens is 1. The Hall–Kier alpha value is -4.13. The van der Waals surface area contributed by atoms with Gasteiger partial charge in [-0.25, -0.2) is 4.79 Å². The number of ether oxygens (including phenoxy) is 1. The van der Waals surface area contributed by atoms with Gasteiger partial charge in [-0.3, -0.25) is 9.59 Å². The van der Waals surface area contributed by atoms with Gasteiger partial charge in [0, 0.05) is 24.2 Å². The second kappa shape index (κ2) is 8.27. The molecule has 0 fully saturated rings. The lowest BCUT2D eigenvalue weighted by molar-refractivity contribution is -0.140. The number of alkyl carbamates (subject to hydrolysis) is 1. The molecule has 2 N–H and O–H groups in total. The Morgan fingerprint density at radius 1 is 1.03 bits per heavy atom. The van der Waals surface area contributed by atoms with Gasteiger partial charge in [0.1, 0.15) is 6.61 Å². The number of hydrogen-bond donors (Lipinski definition) is 2. The molecule has 0 saturated carbocycles. The van der Waals surface area contributed by atoms with Crippen molar-refractivity contribution in [1.82, 2.24) is 9.88 Å². The van der Waals surface area contributed by atoms with Crippen LogP contribution in [0.5, 0.6) is 0 Å². The lowest BCUT2D eigenvalue weighted by atomic mass is 9.86. The molecule has 0 radical (unpaired) electrons. The summed E-state index contributed by atoms with van der Waals surface area (Å²) in [5.41, 5.74) is 6.51. The van der Waals surface area contributed by atoms with Crippen molar-refractivity contribution in [2.75, 3.05) is 6.61 Å². The number of fused-ring (bicyclic) bond motifs is 3. The van der Waals surface area contributed by atoms with Gasteiger partial charge in [-0.1, -0.05) is 54.6 Å². The molecule has 0 saturated heterocycles. The Kier molecular flexibility index (Phi) is 5.06. The van der Waals surface area contributed by atoms with Crippen molar-refractivity contribution in [2.24, 2.45) is 5.92 Å². The summed E-state index contributed by atoms with van der Waals surface area (Å²) in [6.07, 6.45) is 3.52. The number of nitrogens with zero attached hydrogens (tertiary/aromatic N) is 1. The van der Waals surface area contributed by atoms with Crippen LogP contribution in [0.1, 0.15) is 34.7 Å². The molecule has 1 aromatic heterocycles. The highest BCUT2D eigenvalue weighted by Crippen LogP contribution is 2.44. The molecule has 3 aliphatic rings. The molecule has 35 heavy (non-hydrogen) atoms. The SMILES string of the molecule is O=C(N[C@H]1CCn2ccc3c2C(=C[C@@H](C(=O)O)C3)C1=O)OCC1c2ccccc2-c2ccccc21. The predicted octanol–water partition coefficient (Wildman–Crippen LogP) is 4.01. The van der Waals surface area contributed by atoms with Gasteiger partial charge in [0.05, 0.1) is 17.7 Å². The van der Waals surface area contributed by atoms with Crippen LogP contribution < -0.4 is 5.32 Å². The number of carboxylic acids is 1. The molecule has 176 valence electrons. The molecule has 2 aliphatic carbocycles. The van der Waals surface area contributed by atoms with Gasteiger partial charge in [-0.15, -0.1) is 0 Å². The average molecular weight is 469 g/mol. The van der Waals surface area contributed by atoms with Crippen molar-refractivity contribution in [3.05, 3.63) is 89.3 Å². The molecule has 1 aliphatic heterocycles. The van der Waals surface area contributed by atoms with Crippen LogP contribution in [-0.2, 0) is 27.3 Å². The predicted molar refractivity (Wildman–Crippen MR) is 129 cm³/mol. The normalized spacial score (nSPS) is 20.2. The topological polar surface area (TPSA) is 97.6 Å². The Morgan fingerprint density at radius 3 is 2.40 bits per heavy atom. The molecule has 2 atom stereocenters. The molecule has 7 heteroatoms. The molecule has 6 rings (SSSR count). The lowest BCUT2D eigenvalue weighted by Gasteiger charge is -2.21. The number of carbonyl (C=O) groups is 3. The number of carboxylic acid groups (broad SMARTS) is 1. The van der Waals surface area contributed by atoms with E-state index >= 15 is 0 Å². The maximum absolute atomic E-state index is 13.4. The van der Waals surface area contributed by atoms with Gasteiger partial charge >= 0.3 is 12.1 Å². The van der Waals surface area contributed by atoms with Crippen molar-refractivity contribution in [1.29, 1.82) is 0 Å². The van der Waals surface area contributed by atoms with Gasteiger partial charge in [0.25, 0.3) is 0 Å². The first kappa shape index (κ1) is 21.4. The molecule has 2 heterocycles. The number of carbonyl (C=O) groups excluding carboxylic acids is 2. The van der Waals surface area contributed by atoms with E-state index in [1.807, 2.05) is 41.1 Å². The summed E-state index contributed by atoms with van der Waals surface area (Å²) in [6, 6.07) is 17.3. The van der Waals surface area contributed by atoms with Crippen LogP contribution in [0.2, 0.25) is 0 Å². The number of hydrogen-bond acceptors (Lipinski definition) is 4. The smallest absolute Gasteiger partial charge is 0.407 e. The van der Waals surface area contributed by atoms with Crippen LogP contribution in [0, 0.1) is 5.92 Å². The van der Waals surface area contributed by atoms with E-state index in [9.17, 15) is 19.5 Å². The minimum absolute atomic E-state index is 0.0707. The van der Waals surface area contributed by atoms with Crippen LogP contribution >= 0.6 is 0 Å². The molecular weight excluding hydrogens is 444 g/mol.